The molecular formula is C67H104NO8P. The van der Waals surface area contributed by atoms with Crippen LogP contribution in [-0.4, -0.2) is 49.3 Å². The molecule has 0 aliphatic rings. The predicted octanol–water partition coefficient (Wildman–Crippen LogP) is 18.8. The summed E-state index contributed by atoms with van der Waals surface area (Å²) < 4.78 is 33.0. The average molecular weight is 1080 g/mol. The number of phosphoric acid groups is 1. The van der Waals surface area contributed by atoms with Crippen molar-refractivity contribution in [2.45, 2.75) is 200 Å². The van der Waals surface area contributed by atoms with E-state index in [1.165, 1.54) is 25.7 Å². The molecule has 9 nitrogen and oxygen atoms in total. The van der Waals surface area contributed by atoms with Gasteiger partial charge in [0.1, 0.15) is 6.61 Å². The van der Waals surface area contributed by atoms with Crippen molar-refractivity contribution < 1.29 is 37.6 Å². The second-order valence-electron chi connectivity index (χ2n) is 18.4. The van der Waals surface area contributed by atoms with E-state index in [4.69, 9.17) is 24.3 Å². The Morgan fingerprint density at radius 3 is 1.04 bits per heavy atom. The highest BCUT2D eigenvalue weighted by Crippen LogP contribution is 2.43. The minimum Gasteiger partial charge on any atom is -0.462 e. The molecule has 0 rings (SSSR count). The Labute approximate surface area is 469 Å². The van der Waals surface area contributed by atoms with Gasteiger partial charge >= 0.3 is 19.8 Å². The van der Waals surface area contributed by atoms with Crippen LogP contribution in [0.25, 0.3) is 0 Å². The summed E-state index contributed by atoms with van der Waals surface area (Å²) >= 11 is 0. The minimum absolute atomic E-state index is 0.0318. The maximum Gasteiger partial charge on any atom is 0.472 e. The van der Waals surface area contributed by atoms with Crippen LogP contribution in [-0.2, 0) is 32.7 Å². The fraction of sp³-hybridized carbons (Fsp3) is 0.522. The summed E-state index contributed by atoms with van der Waals surface area (Å²) in [6, 6.07) is 0. The first-order chi connectivity index (χ1) is 37.8. The Balaban J connectivity index is 4.18. The number of carbonyl (C=O) groups is 2. The van der Waals surface area contributed by atoms with Crippen molar-refractivity contribution in [1.29, 1.82) is 0 Å². The summed E-state index contributed by atoms with van der Waals surface area (Å²) in [4.78, 5) is 35.2. The van der Waals surface area contributed by atoms with Crippen molar-refractivity contribution in [2.24, 2.45) is 5.73 Å². The van der Waals surface area contributed by atoms with Crippen LogP contribution in [0.4, 0.5) is 0 Å². The molecule has 2 atom stereocenters. The van der Waals surface area contributed by atoms with Gasteiger partial charge in [-0.2, -0.15) is 0 Å². The number of rotatable bonds is 52. The zero-order valence-electron chi connectivity index (χ0n) is 47.9. The van der Waals surface area contributed by atoms with Gasteiger partial charge in [0.15, 0.2) is 6.10 Å². The quantitative estimate of drug-likeness (QED) is 0.0264. The molecule has 0 aromatic heterocycles. The van der Waals surface area contributed by atoms with Gasteiger partial charge in [-0.05, 0) is 128 Å². The smallest absolute Gasteiger partial charge is 0.462 e. The largest absolute Gasteiger partial charge is 0.472 e. The van der Waals surface area contributed by atoms with Crippen LogP contribution in [0.3, 0.4) is 0 Å². The van der Waals surface area contributed by atoms with E-state index in [0.29, 0.717) is 19.3 Å². The third-order valence-corrected chi connectivity index (χ3v) is 12.3. The van der Waals surface area contributed by atoms with Crippen molar-refractivity contribution in [3.63, 3.8) is 0 Å². The summed E-state index contributed by atoms with van der Waals surface area (Å²) in [7, 11) is -4.42. The molecule has 77 heavy (non-hydrogen) atoms. The first kappa shape index (κ1) is 72.1. The van der Waals surface area contributed by atoms with Gasteiger partial charge in [-0.15, -0.1) is 0 Å². The molecule has 0 spiro atoms. The Morgan fingerprint density at radius 1 is 0.390 bits per heavy atom. The molecule has 2 unspecified atom stereocenters. The van der Waals surface area contributed by atoms with Crippen LogP contribution in [0, 0.1) is 0 Å². The highest BCUT2D eigenvalue weighted by atomic mass is 31.2. The number of hydrogen-bond acceptors (Lipinski definition) is 8. The van der Waals surface area contributed by atoms with Gasteiger partial charge in [0.05, 0.1) is 13.2 Å². The minimum atomic E-state index is -4.42. The molecule has 0 aliphatic heterocycles. The summed E-state index contributed by atoms with van der Waals surface area (Å²) in [5.74, 6) is -0.925. The van der Waals surface area contributed by atoms with Crippen LogP contribution < -0.4 is 5.73 Å². The third kappa shape index (κ3) is 60.2. The first-order valence-corrected chi connectivity index (χ1v) is 30.8. The van der Waals surface area contributed by atoms with Crippen LogP contribution in [0.1, 0.15) is 194 Å². The Kier molecular flexibility index (Phi) is 56.5. The lowest BCUT2D eigenvalue weighted by atomic mass is 10.1. The summed E-state index contributed by atoms with van der Waals surface area (Å²) in [5.41, 5.74) is 5.38. The highest BCUT2D eigenvalue weighted by molar-refractivity contribution is 7.47. The maximum absolute atomic E-state index is 12.7. The highest BCUT2D eigenvalue weighted by Gasteiger charge is 2.26. The van der Waals surface area contributed by atoms with Gasteiger partial charge in [-0.25, -0.2) is 4.57 Å². The first-order valence-electron chi connectivity index (χ1n) is 29.3. The van der Waals surface area contributed by atoms with Crippen molar-refractivity contribution in [1.82, 2.24) is 0 Å². The summed E-state index contributed by atoms with van der Waals surface area (Å²) in [5, 5.41) is 0. The van der Waals surface area contributed by atoms with E-state index in [0.717, 1.165) is 122 Å². The van der Waals surface area contributed by atoms with Gasteiger partial charge in [0, 0.05) is 19.4 Å². The molecular weight excluding hydrogens is 978 g/mol. The fourth-order valence-corrected chi connectivity index (χ4v) is 7.82. The molecule has 0 saturated carbocycles. The topological polar surface area (TPSA) is 134 Å². The van der Waals surface area contributed by atoms with Gasteiger partial charge in [0.25, 0.3) is 0 Å². The molecule has 0 aliphatic carbocycles. The summed E-state index contributed by atoms with van der Waals surface area (Å²) in [6.45, 7) is 3.41. The maximum atomic E-state index is 12.7. The Bertz CT molecular complexity index is 1910. The summed E-state index contributed by atoms with van der Waals surface area (Å²) in [6.07, 6.45) is 90.9. The van der Waals surface area contributed by atoms with Crippen molar-refractivity contribution in [3.8, 4) is 0 Å². The van der Waals surface area contributed by atoms with E-state index >= 15 is 0 Å². The molecule has 0 radical (unpaired) electrons. The van der Waals surface area contributed by atoms with E-state index in [9.17, 15) is 19.0 Å². The zero-order valence-corrected chi connectivity index (χ0v) is 48.7. The number of carbonyl (C=O) groups excluding carboxylic acids is 2. The van der Waals surface area contributed by atoms with Crippen molar-refractivity contribution in [3.05, 3.63) is 182 Å². The molecule has 0 amide bonds. The normalized spacial score (nSPS) is 14.4. The van der Waals surface area contributed by atoms with E-state index < -0.39 is 32.5 Å². The van der Waals surface area contributed by atoms with E-state index in [1.54, 1.807) is 0 Å². The molecule has 10 heteroatoms. The van der Waals surface area contributed by atoms with Gasteiger partial charge in [0.2, 0.25) is 0 Å². The average Bonchev–Trinajstić information content (AvgIpc) is 3.42. The monoisotopic (exact) mass is 1080 g/mol. The van der Waals surface area contributed by atoms with Crippen molar-refractivity contribution >= 4 is 19.8 Å². The van der Waals surface area contributed by atoms with E-state index in [2.05, 4.69) is 190 Å². The zero-order chi connectivity index (χ0) is 55.9. The fourth-order valence-electron chi connectivity index (χ4n) is 7.05. The second kappa shape index (κ2) is 60.3. The molecule has 0 bridgehead atoms. The van der Waals surface area contributed by atoms with Crippen molar-refractivity contribution in [2.75, 3.05) is 26.4 Å². The number of allylic oxidation sites excluding steroid dienone is 30. The number of esters is 2. The number of hydrogen-bond donors (Lipinski definition) is 2. The van der Waals surface area contributed by atoms with Gasteiger partial charge < -0.3 is 20.1 Å². The molecule has 430 valence electrons. The number of nitrogens with two attached hydrogens (primary N) is 1. The van der Waals surface area contributed by atoms with E-state index in [1.807, 2.05) is 6.08 Å². The molecule has 0 aromatic rings. The lowest BCUT2D eigenvalue weighted by Gasteiger charge is -2.19. The second-order valence-corrected chi connectivity index (χ2v) is 19.8. The van der Waals surface area contributed by atoms with Crippen LogP contribution >= 0.6 is 7.82 Å². The SMILES string of the molecule is CC/C=C\C/C=C\C/C=C\C/C=C\C/C=C\C/C=C\C/C=C\C/C=C\C/C=C\CCCC(=O)OC(COC(=O)CCCCCCCCCC/C=C\C/C=C\C/C=C\C/C=C\C/C=C\C/C=C\CC)COP(=O)(O)OCCN. The Morgan fingerprint density at radius 2 is 0.688 bits per heavy atom. The van der Waals surface area contributed by atoms with Gasteiger partial charge in [-0.3, -0.25) is 18.6 Å². The lowest BCUT2D eigenvalue weighted by Crippen LogP contribution is -2.29. The van der Waals surface area contributed by atoms with Gasteiger partial charge in [-0.1, -0.05) is 235 Å². The molecule has 0 aromatic carbocycles. The molecule has 0 heterocycles. The standard InChI is InChI=1S/C67H104NO8P/c1-3-5-7-9-11-13-15-17-19-21-23-25-27-29-31-32-34-36-38-40-42-44-46-48-50-52-54-56-58-60-67(70)76-65(64-75-77(71,72)74-62-61-68)63-73-66(69)59-57-55-53-51-49-47-45-43-41-39-37-35-33-30-28-26-24-22-20-18-16-14-12-10-8-6-4-2/h5-8,11-14,17-20,23-26,29-31,33-34,36-37,39-40,42,46,48,52,54,65H,3-4,9-10,15-16,21-22,27-28,32,35,38,41,43-45,47,49-51,53,55-64,68H2,1-2H3,(H,71,72)/b7-5-,8-6-,13-11-,14-12-,19-17-,20-18-,25-23-,26-24-,31-29-,33-30-,36-34-,39-37-,42-40-,48-46-,54-52-. The number of phosphoric ester groups is 1. The third-order valence-electron chi connectivity index (χ3n) is 11.3. The molecule has 0 fully saturated rings. The van der Waals surface area contributed by atoms with Crippen LogP contribution in [0.2, 0.25) is 0 Å². The molecule has 0 saturated heterocycles. The predicted molar refractivity (Wildman–Crippen MR) is 329 cm³/mol. The van der Waals surface area contributed by atoms with Crippen LogP contribution in [0.5, 0.6) is 0 Å². The molecule has 3 N–H and O–H groups in total. The van der Waals surface area contributed by atoms with Crippen LogP contribution in [0.15, 0.2) is 182 Å². The number of unbranched alkanes of at least 4 members (excludes halogenated alkanes) is 9. The number of ether oxygens (including phenoxy) is 2. The van der Waals surface area contributed by atoms with E-state index in [-0.39, 0.29) is 32.6 Å². The lowest BCUT2D eigenvalue weighted by molar-refractivity contribution is -0.161. The Hall–Kier alpha value is -4.89.